The van der Waals surface area contributed by atoms with Gasteiger partial charge in [0, 0.05) is 19.1 Å². The van der Waals surface area contributed by atoms with E-state index >= 15 is 0 Å². The summed E-state index contributed by atoms with van der Waals surface area (Å²) in [4.78, 5) is 0. The molecule has 1 heterocycles. The molecule has 100 valence electrons. The quantitative estimate of drug-likeness (QED) is 0.824. The third-order valence-corrected chi connectivity index (χ3v) is 4.75. The molecule has 1 aliphatic heterocycles. The highest BCUT2D eigenvalue weighted by molar-refractivity contribution is 7.87. The standard InChI is InChI=1S/C12H18N2O3S/c1-10(9-15)13-18(16,17)14-7-6-11-4-2-3-5-12(11)8-14/h2-5,10,13,15H,6-9H2,1H3/t10-/m0/s1. The van der Waals surface area contributed by atoms with Crippen molar-refractivity contribution in [1.29, 1.82) is 0 Å². The lowest BCUT2D eigenvalue weighted by Gasteiger charge is -2.29. The lowest BCUT2D eigenvalue weighted by atomic mass is 10.0. The van der Waals surface area contributed by atoms with Crippen LogP contribution in [-0.2, 0) is 23.2 Å². The van der Waals surface area contributed by atoms with E-state index < -0.39 is 16.3 Å². The smallest absolute Gasteiger partial charge is 0.280 e. The molecule has 2 N–H and O–H groups in total. The molecule has 18 heavy (non-hydrogen) atoms. The lowest BCUT2D eigenvalue weighted by molar-refractivity contribution is 0.261. The lowest BCUT2D eigenvalue weighted by Crippen LogP contribution is -2.47. The van der Waals surface area contributed by atoms with Crippen LogP contribution in [0.25, 0.3) is 0 Å². The summed E-state index contributed by atoms with van der Waals surface area (Å²) in [5, 5.41) is 8.91. The Morgan fingerprint density at radius 3 is 2.72 bits per heavy atom. The number of fused-ring (bicyclic) bond motifs is 1. The van der Waals surface area contributed by atoms with Crippen LogP contribution in [0.15, 0.2) is 24.3 Å². The Balaban J connectivity index is 2.13. The van der Waals surface area contributed by atoms with Gasteiger partial charge >= 0.3 is 0 Å². The fourth-order valence-electron chi connectivity index (χ4n) is 2.04. The van der Waals surface area contributed by atoms with Crippen LogP contribution >= 0.6 is 0 Å². The van der Waals surface area contributed by atoms with E-state index in [1.54, 1.807) is 6.92 Å². The summed E-state index contributed by atoms with van der Waals surface area (Å²) in [6.45, 7) is 2.30. The highest BCUT2D eigenvalue weighted by Crippen LogP contribution is 2.20. The zero-order valence-electron chi connectivity index (χ0n) is 10.3. The average Bonchev–Trinajstić information content (AvgIpc) is 2.37. The Morgan fingerprint density at radius 1 is 1.39 bits per heavy atom. The summed E-state index contributed by atoms with van der Waals surface area (Å²) >= 11 is 0. The molecule has 2 rings (SSSR count). The van der Waals surface area contributed by atoms with E-state index in [9.17, 15) is 8.42 Å². The van der Waals surface area contributed by atoms with Gasteiger partial charge in [0.2, 0.25) is 0 Å². The van der Waals surface area contributed by atoms with Crippen LogP contribution in [0.4, 0.5) is 0 Å². The van der Waals surface area contributed by atoms with Gasteiger partial charge in [0.1, 0.15) is 0 Å². The predicted molar refractivity (Wildman–Crippen MR) is 69.2 cm³/mol. The van der Waals surface area contributed by atoms with E-state index in [4.69, 9.17) is 5.11 Å². The molecule has 0 aliphatic carbocycles. The summed E-state index contributed by atoms with van der Waals surface area (Å²) in [5.74, 6) is 0. The second-order valence-electron chi connectivity index (χ2n) is 4.56. The molecule has 0 bridgehead atoms. The number of hydrogen-bond acceptors (Lipinski definition) is 3. The van der Waals surface area contributed by atoms with Crippen molar-refractivity contribution in [3.63, 3.8) is 0 Å². The van der Waals surface area contributed by atoms with Crippen LogP contribution < -0.4 is 4.72 Å². The maximum atomic E-state index is 12.1. The third-order valence-electron chi connectivity index (χ3n) is 3.06. The van der Waals surface area contributed by atoms with Crippen molar-refractivity contribution in [1.82, 2.24) is 9.03 Å². The Morgan fingerprint density at radius 2 is 2.06 bits per heavy atom. The van der Waals surface area contributed by atoms with E-state index in [1.165, 1.54) is 9.87 Å². The van der Waals surface area contributed by atoms with Gasteiger partial charge in [-0.1, -0.05) is 24.3 Å². The predicted octanol–water partition coefficient (Wildman–Crippen LogP) is 0.260. The molecule has 0 radical (unpaired) electrons. The van der Waals surface area contributed by atoms with Crippen molar-refractivity contribution in [2.45, 2.75) is 25.9 Å². The fraction of sp³-hybridized carbons (Fsp3) is 0.500. The van der Waals surface area contributed by atoms with E-state index in [0.717, 1.165) is 12.0 Å². The zero-order valence-corrected chi connectivity index (χ0v) is 11.2. The molecule has 0 fully saturated rings. The second-order valence-corrected chi connectivity index (χ2v) is 6.26. The maximum Gasteiger partial charge on any atom is 0.280 e. The highest BCUT2D eigenvalue weighted by Gasteiger charge is 2.27. The Kier molecular flexibility index (Phi) is 4.01. The van der Waals surface area contributed by atoms with Crippen molar-refractivity contribution in [3.05, 3.63) is 35.4 Å². The van der Waals surface area contributed by atoms with Gasteiger partial charge in [-0.3, -0.25) is 0 Å². The SMILES string of the molecule is C[C@@H](CO)NS(=O)(=O)N1CCc2ccccc2C1. The molecular weight excluding hydrogens is 252 g/mol. The van der Waals surface area contributed by atoms with Gasteiger partial charge in [-0.05, 0) is 24.5 Å². The molecule has 1 aliphatic rings. The van der Waals surface area contributed by atoms with Crippen molar-refractivity contribution >= 4 is 10.2 Å². The summed E-state index contributed by atoms with van der Waals surface area (Å²) in [5.41, 5.74) is 2.25. The highest BCUT2D eigenvalue weighted by atomic mass is 32.2. The Hall–Kier alpha value is -0.950. The monoisotopic (exact) mass is 270 g/mol. The van der Waals surface area contributed by atoms with Gasteiger partial charge in [0.25, 0.3) is 10.2 Å². The van der Waals surface area contributed by atoms with Crippen molar-refractivity contribution in [3.8, 4) is 0 Å². The number of aliphatic hydroxyl groups excluding tert-OH is 1. The molecule has 0 saturated carbocycles. The topological polar surface area (TPSA) is 69.6 Å². The van der Waals surface area contributed by atoms with Crippen molar-refractivity contribution in [2.75, 3.05) is 13.2 Å². The minimum absolute atomic E-state index is 0.205. The second kappa shape index (κ2) is 5.36. The van der Waals surface area contributed by atoms with Crippen LogP contribution in [0.3, 0.4) is 0 Å². The molecule has 0 spiro atoms. The summed E-state index contributed by atoms with van der Waals surface area (Å²) in [6.07, 6.45) is 0.727. The first kappa shape index (κ1) is 13.5. The molecule has 0 aromatic heterocycles. The minimum Gasteiger partial charge on any atom is -0.395 e. The number of rotatable bonds is 4. The van der Waals surface area contributed by atoms with Crippen molar-refractivity contribution in [2.24, 2.45) is 0 Å². The molecule has 5 nitrogen and oxygen atoms in total. The van der Waals surface area contributed by atoms with Gasteiger partial charge in [-0.2, -0.15) is 17.4 Å². The van der Waals surface area contributed by atoms with Crippen LogP contribution in [0, 0.1) is 0 Å². The minimum atomic E-state index is -3.51. The van der Waals surface area contributed by atoms with Crippen LogP contribution in [0.5, 0.6) is 0 Å². The van der Waals surface area contributed by atoms with Crippen molar-refractivity contribution < 1.29 is 13.5 Å². The van der Waals surface area contributed by atoms with Crippen LogP contribution in [-0.4, -0.2) is 37.0 Å². The van der Waals surface area contributed by atoms with Gasteiger partial charge in [0.15, 0.2) is 0 Å². The molecule has 1 atom stereocenters. The first-order valence-electron chi connectivity index (χ1n) is 5.98. The largest absolute Gasteiger partial charge is 0.395 e. The van der Waals surface area contributed by atoms with Gasteiger partial charge in [-0.15, -0.1) is 0 Å². The number of hydrogen-bond donors (Lipinski definition) is 2. The summed E-state index contributed by atoms with van der Waals surface area (Å²) in [7, 11) is -3.51. The molecule has 0 amide bonds. The summed E-state index contributed by atoms with van der Waals surface area (Å²) < 4.78 is 28.0. The van der Waals surface area contributed by atoms with Gasteiger partial charge in [-0.25, -0.2) is 0 Å². The van der Waals surface area contributed by atoms with Crippen LogP contribution in [0.1, 0.15) is 18.1 Å². The van der Waals surface area contributed by atoms with Gasteiger partial charge < -0.3 is 5.11 Å². The molecule has 1 aromatic rings. The van der Waals surface area contributed by atoms with Crippen LogP contribution in [0.2, 0.25) is 0 Å². The van der Waals surface area contributed by atoms with Gasteiger partial charge in [0.05, 0.1) is 6.61 Å². The normalized spacial score (nSPS) is 18.3. The average molecular weight is 270 g/mol. The molecule has 6 heteroatoms. The Labute approximate surface area is 108 Å². The number of nitrogens with zero attached hydrogens (tertiary/aromatic N) is 1. The van der Waals surface area contributed by atoms with E-state index in [-0.39, 0.29) is 6.61 Å². The summed E-state index contributed by atoms with van der Waals surface area (Å²) in [6, 6.07) is 7.40. The number of aliphatic hydroxyl groups is 1. The molecule has 1 aromatic carbocycles. The van der Waals surface area contributed by atoms with E-state index in [2.05, 4.69) is 4.72 Å². The zero-order chi connectivity index (χ0) is 13.2. The third kappa shape index (κ3) is 2.89. The number of benzene rings is 1. The Bertz CT molecular complexity index is 516. The first-order valence-corrected chi connectivity index (χ1v) is 7.42. The fourth-order valence-corrected chi connectivity index (χ4v) is 3.41. The van der Waals surface area contributed by atoms with E-state index in [0.29, 0.717) is 13.1 Å². The molecular formula is C12H18N2O3S. The maximum absolute atomic E-state index is 12.1. The number of nitrogens with one attached hydrogen (secondary N) is 1. The first-order chi connectivity index (χ1) is 8.53. The van der Waals surface area contributed by atoms with E-state index in [1.807, 2.05) is 24.3 Å². The molecule has 0 unspecified atom stereocenters. The molecule has 0 saturated heterocycles.